The van der Waals surface area contributed by atoms with Crippen molar-refractivity contribution in [3.8, 4) is 0 Å². The second-order valence-electron chi connectivity index (χ2n) is 6.67. The highest BCUT2D eigenvalue weighted by Gasteiger charge is 2.31. The minimum absolute atomic E-state index is 0. The normalized spacial score (nSPS) is 22.2. The molecule has 3 aliphatic rings. The van der Waals surface area contributed by atoms with Crippen LogP contribution in [-0.2, 0) is 16.0 Å². The van der Waals surface area contributed by atoms with Crippen LogP contribution in [0.2, 0.25) is 0 Å². The third-order valence-electron chi connectivity index (χ3n) is 5.15. The van der Waals surface area contributed by atoms with E-state index in [9.17, 15) is 9.59 Å². The summed E-state index contributed by atoms with van der Waals surface area (Å²) < 4.78 is 5.48. The van der Waals surface area contributed by atoms with Crippen LogP contribution in [0.1, 0.15) is 28.8 Å². The van der Waals surface area contributed by atoms with Crippen LogP contribution in [0.3, 0.4) is 0 Å². The summed E-state index contributed by atoms with van der Waals surface area (Å²) in [7, 11) is 0. The number of nitrogens with zero attached hydrogens (tertiary/aromatic N) is 2. The first kappa shape index (κ1) is 18.0. The van der Waals surface area contributed by atoms with Gasteiger partial charge in [0, 0.05) is 50.6 Å². The Hall–Kier alpha value is -1.79. The van der Waals surface area contributed by atoms with Crippen LogP contribution in [0.4, 0.5) is 5.69 Å². The molecule has 3 heterocycles. The van der Waals surface area contributed by atoms with Crippen molar-refractivity contribution in [3.63, 3.8) is 0 Å². The molecule has 7 heteroatoms. The number of nitrogens with one attached hydrogen (secondary N) is 1. The molecule has 0 spiro atoms. The van der Waals surface area contributed by atoms with E-state index in [1.165, 1.54) is 5.56 Å². The van der Waals surface area contributed by atoms with E-state index >= 15 is 0 Å². The van der Waals surface area contributed by atoms with Gasteiger partial charge in [-0.25, -0.2) is 0 Å². The van der Waals surface area contributed by atoms with Crippen LogP contribution in [0.25, 0.3) is 0 Å². The van der Waals surface area contributed by atoms with Gasteiger partial charge in [0.25, 0.3) is 11.8 Å². The van der Waals surface area contributed by atoms with Gasteiger partial charge >= 0.3 is 0 Å². The highest BCUT2D eigenvalue weighted by Crippen LogP contribution is 2.24. The average Bonchev–Trinajstić information content (AvgIpc) is 3.31. The molecule has 0 aromatic heterocycles. The molecule has 1 aromatic carbocycles. The number of piperazine rings is 1. The minimum Gasteiger partial charge on any atom is -0.384 e. The Labute approximate surface area is 153 Å². The topological polar surface area (TPSA) is 61.9 Å². The van der Waals surface area contributed by atoms with E-state index in [-0.39, 0.29) is 30.3 Å². The standard InChI is InChI=1S/C18H23N3O3.ClH/c22-17(14-3-4-15-13(12-14)5-6-19-15)20-7-9-21(10-8-20)18(23)16-2-1-11-24-16;/h3-4,12,16,19H,1-2,5-11H2;1H. The molecule has 0 aliphatic carbocycles. The van der Waals surface area contributed by atoms with Crippen molar-refractivity contribution in [2.75, 3.05) is 44.6 Å². The molecular formula is C18H24ClN3O3. The van der Waals surface area contributed by atoms with Crippen LogP contribution in [-0.4, -0.2) is 67.0 Å². The number of hydrogen-bond acceptors (Lipinski definition) is 4. The third kappa shape index (κ3) is 3.60. The molecule has 2 fully saturated rings. The first-order valence-corrected chi connectivity index (χ1v) is 8.79. The predicted octanol–water partition coefficient (Wildman–Crippen LogP) is 1.54. The molecule has 0 saturated carbocycles. The van der Waals surface area contributed by atoms with Gasteiger partial charge in [0.15, 0.2) is 0 Å². The lowest BCUT2D eigenvalue weighted by molar-refractivity contribution is -0.142. The molecule has 4 rings (SSSR count). The van der Waals surface area contributed by atoms with Crippen molar-refractivity contribution in [3.05, 3.63) is 29.3 Å². The zero-order valence-corrected chi connectivity index (χ0v) is 15.0. The van der Waals surface area contributed by atoms with E-state index < -0.39 is 0 Å². The number of amides is 2. The van der Waals surface area contributed by atoms with Gasteiger partial charge in [-0.05, 0) is 43.0 Å². The van der Waals surface area contributed by atoms with Gasteiger partial charge in [0.05, 0.1) is 0 Å². The van der Waals surface area contributed by atoms with Gasteiger partial charge in [-0.15, -0.1) is 12.4 Å². The molecule has 0 radical (unpaired) electrons. The van der Waals surface area contributed by atoms with E-state index in [1.54, 1.807) is 0 Å². The van der Waals surface area contributed by atoms with Gasteiger partial charge < -0.3 is 19.9 Å². The summed E-state index contributed by atoms with van der Waals surface area (Å²) in [5, 5.41) is 3.31. The van der Waals surface area contributed by atoms with Gasteiger partial charge in [0.1, 0.15) is 6.10 Å². The summed E-state index contributed by atoms with van der Waals surface area (Å²) >= 11 is 0. The predicted molar refractivity (Wildman–Crippen MR) is 97.3 cm³/mol. The number of carbonyl (C=O) groups is 2. The molecular weight excluding hydrogens is 342 g/mol. The summed E-state index contributed by atoms with van der Waals surface area (Å²) in [6, 6.07) is 5.89. The largest absolute Gasteiger partial charge is 0.384 e. The summed E-state index contributed by atoms with van der Waals surface area (Å²) in [6.07, 6.45) is 2.49. The monoisotopic (exact) mass is 365 g/mol. The van der Waals surface area contributed by atoms with Crippen molar-refractivity contribution in [2.45, 2.75) is 25.4 Å². The Morgan fingerprint density at radius 3 is 2.60 bits per heavy atom. The van der Waals surface area contributed by atoms with Crippen molar-refractivity contribution in [1.29, 1.82) is 0 Å². The number of fused-ring (bicyclic) bond motifs is 1. The van der Waals surface area contributed by atoms with Gasteiger partial charge in [-0.1, -0.05) is 0 Å². The molecule has 1 N–H and O–H groups in total. The summed E-state index contributed by atoms with van der Waals surface area (Å²) in [5.74, 6) is 0.150. The number of anilines is 1. The highest BCUT2D eigenvalue weighted by molar-refractivity contribution is 5.95. The van der Waals surface area contributed by atoms with Gasteiger partial charge in [-0.3, -0.25) is 9.59 Å². The third-order valence-corrected chi connectivity index (χ3v) is 5.15. The molecule has 2 amide bonds. The van der Waals surface area contributed by atoms with Gasteiger partial charge in [0.2, 0.25) is 0 Å². The van der Waals surface area contributed by atoms with Crippen molar-refractivity contribution in [2.24, 2.45) is 0 Å². The first-order valence-electron chi connectivity index (χ1n) is 8.79. The molecule has 6 nitrogen and oxygen atoms in total. The summed E-state index contributed by atoms with van der Waals surface area (Å²) in [5.41, 5.74) is 3.10. The molecule has 3 aliphatic heterocycles. The maximum absolute atomic E-state index is 12.7. The Balaban J connectivity index is 0.00000182. The number of halogens is 1. The van der Waals surface area contributed by atoms with E-state index in [1.807, 2.05) is 28.0 Å². The lowest BCUT2D eigenvalue weighted by atomic mass is 10.1. The Bertz CT molecular complexity index is 653. The molecule has 2 saturated heterocycles. The number of benzene rings is 1. The molecule has 1 atom stereocenters. The Kier molecular flexibility index (Phi) is 5.49. The molecule has 25 heavy (non-hydrogen) atoms. The second kappa shape index (κ2) is 7.62. The molecule has 136 valence electrons. The number of carbonyl (C=O) groups excluding carboxylic acids is 2. The SMILES string of the molecule is Cl.O=C(c1ccc2c(c1)CCN2)N1CCN(C(=O)C2CCCO2)CC1. The van der Waals surface area contributed by atoms with E-state index in [0.29, 0.717) is 32.8 Å². The van der Waals surface area contributed by atoms with Crippen LogP contribution < -0.4 is 5.32 Å². The number of ether oxygens (including phenoxy) is 1. The lowest BCUT2D eigenvalue weighted by Crippen LogP contribution is -2.52. The minimum atomic E-state index is -0.267. The van der Waals surface area contributed by atoms with Crippen LogP contribution in [0, 0.1) is 0 Å². The average molecular weight is 366 g/mol. The molecule has 0 bridgehead atoms. The fourth-order valence-corrected chi connectivity index (χ4v) is 3.73. The maximum atomic E-state index is 12.7. The van der Waals surface area contributed by atoms with Crippen LogP contribution >= 0.6 is 12.4 Å². The quantitative estimate of drug-likeness (QED) is 0.863. The smallest absolute Gasteiger partial charge is 0.253 e. The first-order chi connectivity index (χ1) is 11.7. The summed E-state index contributed by atoms with van der Waals surface area (Å²) in [6.45, 7) is 3.99. The Morgan fingerprint density at radius 2 is 1.88 bits per heavy atom. The van der Waals surface area contributed by atoms with E-state index in [2.05, 4.69) is 5.32 Å². The zero-order chi connectivity index (χ0) is 16.5. The molecule has 1 unspecified atom stereocenters. The van der Waals surface area contributed by atoms with E-state index in [0.717, 1.165) is 37.1 Å². The van der Waals surface area contributed by atoms with Crippen molar-refractivity contribution < 1.29 is 14.3 Å². The highest BCUT2D eigenvalue weighted by atomic mass is 35.5. The molecule has 1 aromatic rings. The number of rotatable bonds is 2. The van der Waals surface area contributed by atoms with Crippen LogP contribution in [0.15, 0.2) is 18.2 Å². The second-order valence-corrected chi connectivity index (χ2v) is 6.67. The fraction of sp³-hybridized carbons (Fsp3) is 0.556. The zero-order valence-electron chi connectivity index (χ0n) is 14.2. The van der Waals surface area contributed by atoms with Gasteiger partial charge in [-0.2, -0.15) is 0 Å². The Morgan fingerprint density at radius 1 is 1.12 bits per heavy atom. The van der Waals surface area contributed by atoms with Crippen LogP contribution in [0.5, 0.6) is 0 Å². The number of hydrogen-bond donors (Lipinski definition) is 1. The van der Waals surface area contributed by atoms with Crippen molar-refractivity contribution in [1.82, 2.24) is 9.80 Å². The van der Waals surface area contributed by atoms with E-state index in [4.69, 9.17) is 4.74 Å². The van der Waals surface area contributed by atoms with Crippen molar-refractivity contribution >= 4 is 29.9 Å². The fourth-order valence-electron chi connectivity index (χ4n) is 3.73. The summed E-state index contributed by atoms with van der Waals surface area (Å²) in [4.78, 5) is 28.8. The maximum Gasteiger partial charge on any atom is 0.253 e. The lowest BCUT2D eigenvalue weighted by Gasteiger charge is -2.35.